The van der Waals surface area contributed by atoms with Gasteiger partial charge in [0, 0.05) is 21.7 Å². The number of ether oxygens (including phenoxy) is 2. The van der Waals surface area contributed by atoms with Gasteiger partial charge in [-0.1, -0.05) is 46.3 Å². The Kier molecular flexibility index (Phi) is 7.02. The number of carbonyl (C=O) groups excluding carboxylic acids is 3. The Bertz CT molecular complexity index is 1370. The zero-order valence-corrected chi connectivity index (χ0v) is 21.0. The lowest BCUT2D eigenvalue weighted by Gasteiger charge is -2.28. The van der Waals surface area contributed by atoms with Gasteiger partial charge in [0.05, 0.1) is 12.8 Å². The molecule has 1 heterocycles. The second-order valence-electron chi connectivity index (χ2n) is 8.03. The van der Waals surface area contributed by atoms with Crippen LogP contribution in [0.15, 0.2) is 70.7 Å². The Morgan fingerprint density at radius 1 is 1.00 bits per heavy atom. The number of aryl methyl sites for hydroxylation is 2. The van der Waals surface area contributed by atoms with Gasteiger partial charge in [0.2, 0.25) is 0 Å². The Balaban J connectivity index is 1.72. The van der Waals surface area contributed by atoms with Gasteiger partial charge in [0.15, 0.2) is 0 Å². The molecule has 0 aliphatic carbocycles. The van der Waals surface area contributed by atoms with Crippen LogP contribution in [0, 0.1) is 13.8 Å². The number of halogens is 1. The first-order valence-corrected chi connectivity index (χ1v) is 11.6. The molecule has 35 heavy (non-hydrogen) atoms. The van der Waals surface area contributed by atoms with Crippen LogP contribution in [0.2, 0.25) is 0 Å². The summed E-state index contributed by atoms with van der Waals surface area (Å²) in [7, 11) is 1.54. The maximum atomic E-state index is 13.4. The number of hydrogen-bond donors (Lipinski definition) is 1. The van der Waals surface area contributed by atoms with Crippen LogP contribution < -0.4 is 19.7 Å². The maximum absolute atomic E-state index is 13.4. The summed E-state index contributed by atoms with van der Waals surface area (Å²) in [5.74, 6) is -0.501. The van der Waals surface area contributed by atoms with Crippen molar-refractivity contribution in [2.24, 2.45) is 0 Å². The number of methoxy groups -OCH3 is 1. The molecular weight excluding hydrogens is 512 g/mol. The summed E-state index contributed by atoms with van der Waals surface area (Å²) in [6, 6.07) is 17.4. The predicted molar refractivity (Wildman–Crippen MR) is 136 cm³/mol. The quantitative estimate of drug-likeness (QED) is 0.341. The fraction of sp³-hybridized carbons (Fsp3) is 0.148. The van der Waals surface area contributed by atoms with Crippen molar-refractivity contribution < 1.29 is 23.9 Å². The first-order chi connectivity index (χ1) is 16.8. The van der Waals surface area contributed by atoms with Crippen molar-refractivity contribution in [3.8, 4) is 11.5 Å². The monoisotopic (exact) mass is 534 g/mol. The smallest absolute Gasteiger partial charge is 0.335 e. The number of nitrogens with one attached hydrogen (secondary N) is 1. The first-order valence-electron chi connectivity index (χ1n) is 10.8. The zero-order chi connectivity index (χ0) is 25.1. The second kappa shape index (κ2) is 10.1. The highest BCUT2D eigenvalue weighted by Gasteiger charge is 2.37. The number of nitrogens with zero attached hydrogens (tertiary/aromatic N) is 1. The lowest BCUT2D eigenvalue weighted by molar-refractivity contribution is -0.122. The predicted octanol–water partition coefficient (Wildman–Crippen LogP) is 5.32. The Hall–Kier alpha value is -3.91. The summed E-state index contributed by atoms with van der Waals surface area (Å²) in [5, 5.41) is 2.27. The third-order valence-electron chi connectivity index (χ3n) is 5.57. The molecule has 1 fully saturated rings. The van der Waals surface area contributed by atoms with Gasteiger partial charge in [0.25, 0.3) is 11.8 Å². The molecule has 0 spiro atoms. The molecule has 178 valence electrons. The van der Waals surface area contributed by atoms with Crippen LogP contribution in [-0.2, 0) is 16.2 Å². The molecule has 0 aromatic heterocycles. The van der Waals surface area contributed by atoms with Gasteiger partial charge >= 0.3 is 6.03 Å². The molecule has 0 unspecified atom stereocenters. The SMILES string of the molecule is COc1ccc(/C=C2\C(=O)NC(=O)N(c3cc(C)ccc3C)C2=O)c(OCc2ccccc2Br)c1. The van der Waals surface area contributed by atoms with Gasteiger partial charge in [-0.15, -0.1) is 0 Å². The number of carbonyl (C=O) groups is 3. The van der Waals surface area contributed by atoms with Crippen molar-refractivity contribution in [3.05, 3.63) is 93.0 Å². The largest absolute Gasteiger partial charge is 0.497 e. The minimum atomic E-state index is -0.786. The summed E-state index contributed by atoms with van der Waals surface area (Å²) in [4.78, 5) is 39.7. The number of rotatable bonds is 6. The molecule has 1 aliphatic rings. The average Bonchev–Trinajstić information content (AvgIpc) is 2.83. The Morgan fingerprint density at radius 2 is 1.77 bits per heavy atom. The second-order valence-corrected chi connectivity index (χ2v) is 8.89. The van der Waals surface area contributed by atoms with E-state index in [2.05, 4.69) is 21.2 Å². The summed E-state index contributed by atoms with van der Waals surface area (Å²) in [6.07, 6.45) is 1.43. The molecule has 7 nitrogen and oxygen atoms in total. The van der Waals surface area contributed by atoms with E-state index >= 15 is 0 Å². The number of amides is 4. The van der Waals surface area contributed by atoms with Gasteiger partial charge in [-0.2, -0.15) is 0 Å². The van der Waals surface area contributed by atoms with E-state index in [9.17, 15) is 14.4 Å². The van der Waals surface area contributed by atoms with Gasteiger partial charge in [-0.05, 0) is 55.3 Å². The van der Waals surface area contributed by atoms with Crippen molar-refractivity contribution in [2.45, 2.75) is 20.5 Å². The van der Waals surface area contributed by atoms with E-state index < -0.39 is 17.8 Å². The highest BCUT2D eigenvalue weighted by Crippen LogP contribution is 2.31. The van der Waals surface area contributed by atoms with Crippen LogP contribution in [0.3, 0.4) is 0 Å². The molecule has 1 aliphatic heterocycles. The minimum absolute atomic E-state index is 0.179. The molecule has 0 radical (unpaired) electrons. The van der Waals surface area contributed by atoms with Crippen LogP contribution in [0.5, 0.6) is 11.5 Å². The van der Waals surface area contributed by atoms with E-state index in [0.717, 1.165) is 26.1 Å². The van der Waals surface area contributed by atoms with E-state index in [-0.39, 0.29) is 12.2 Å². The first kappa shape index (κ1) is 24.2. The van der Waals surface area contributed by atoms with Crippen LogP contribution in [0.1, 0.15) is 22.3 Å². The van der Waals surface area contributed by atoms with Gasteiger partial charge in [-0.25, -0.2) is 9.69 Å². The van der Waals surface area contributed by atoms with Gasteiger partial charge in [-0.3, -0.25) is 14.9 Å². The molecular formula is C27H23BrN2O5. The average molecular weight is 535 g/mol. The van der Waals surface area contributed by atoms with Crippen molar-refractivity contribution in [3.63, 3.8) is 0 Å². The fourth-order valence-corrected chi connectivity index (χ4v) is 4.05. The summed E-state index contributed by atoms with van der Waals surface area (Å²) in [6.45, 7) is 3.91. The molecule has 0 bridgehead atoms. The van der Waals surface area contributed by atoms with Crippen molar-refractivity contribution in [1.29, 1.82) is 0 Å². The van der Waals surface area contributed by atoms with E-state index in [1.165, 1.54) is 13.2 Å². The van der Waals surface area contributed by atoms with E-state index in [1.807, 2.05) is 43.3 Å². The van der Waals surface area contributed by atoms with Crippen LogP contribution in [0.25, 0.3) is 6.08 Å². The summed E-state index contributed by atoms with van der Waals surface area (Å²) < 4.78 is 12.3. The molecule has 0 atom stereocenters. The van der Waals surface area contributed by atoms with Gasteiger partial charge < -0.3 is 9.47 Å². The van der Waals surface area contributed by atoms with Crippen molar-refractivity contribution in [2.75, 3.05) is 12.0 Å². The third kappa shape index (κ3) is 5.12. The third-order valence-corrected chi connectivity index (χ3v) is 6.34. The number of hydrogen-bond acceptors (Lipinski definition) is 5. The molecule has 1 N–H and O–H groups in total. The minimum Gasteiger partial charge on any atom is -0.497 e. The summed E-state index contributed by atoms with van der Waals surface area (Å²) in [5.41, 5.74) is 3.27. The lowest BCUT2D eigenvalue weighted by atomic mass is 10.0. The van der Waals surface area contributed by atoms with E-state index in [4.69, 9.17) is 9.47 Å². The highest BCUT2D eigenvalue weighted by molar-refractivity contribution is 9.10. The zero-order valence-electron chi connectivity index (χ0n) is 19.4. The molecule has 8 heteroatoms. The Labute approximate surface area is 211 Å². The molecule has 0 saturated carbocycles. The highest BCUT2D eigenvalue weighted by atomic mass is 79.9. The van der Waals surface area contributed by atoms with Gasteiger partial charge in [0.1, 0.15) is 23.7 Å². The molecule has 4 rings (SSSR count). The normalized spacial score (nSPS) is 14.8. The fourth-order valence-electron chi connectivity index (χ4n) is 3.65. The number of urea groups is 1. The van der Waals surface area contributed by atoms with E-state index in [0.29, 0.717) is 22.7 Å². The number of anilines is 1. The van der Waals surface area contributed by atoms with Crippen LogP contribution in [-0.4, -0.2) is 25.0 Å². The topological polar surface area (TPSA) is 84.9 Å². The molecule has 3 aromatic carbocycles. The number of benzene rings is 3. The Morgan fingerprint density at radius 3 is 2.51 bits per heavy atom. The van der Waals surface area contributed by atoms with Crippen molar-refractivity contribution >= 4 is 45.5 Å². The maximum Gasteiger partial charge on any atom is 0.335 e. The number of imide groups is 2. The van der Waals surface area contributed by atoms with E-state index in [1.54, 1.807) is 31.2 Å². The van der Waals surface area contributed by atoms with Crippen molar-refractivity contribution in [1.82, 2.24) is 5.32 Å². The summed E-state index contributed by atoms with van der Waals surface area (Å²) >= 11 is 3.51. The van der Waals surface area contributed by atoms with Crippen LogP contribution >= 0.6 is 15.9 Å². The molecule has 1 saturated heterocycles. The molecule has 4 amide bonds. The number of barbiturate groups is 1. The molecule has 3 aromatic rings. The van der Waals surface area contributed by atoms with Crippen LogP contribution in [0.4, 0.5) is 10.5 Å². The standard InChI is InChI=1S/C27H23BrN2O5/c1-16-8-9-17(2)23(12-16)30-26(32)21(25(31)29-27(30)33)13-18-10-11-20(34-3)14-24(18)35-15-19-6-4-5-7-22(19)28/h4-14H,15H2,1-3H3,(H,29,31,33)/b21-13+. The lowest BCUT2D eigenvalue weighted by Crippen LogP contribution is -2.54.